The van der Waals surface area contributed by atoms with Crippen molar-refractivity contribution < 1.29 is 18.3 Å². The molecule has 0 aliphatic heterocycles. The van der Waals surface area contributed by atoms with Crippen molar-refractivity contribution in [2.24, 2.45) is 0 Å². The van der Waals surface area contributed by atoms with Gasteiger partial charge in [-0.05, 0) is 37.5 Å². The molecule has 0 bridgehead atoms. The van der Waals surface area contributed by atoms with Gasteiger partial charge < -0.3 is 9.47 Å². The molecule has 0 heterocycles. The molecule has 0 spiro atoms. The first-order valence-corrected chi connectivity index (χ1v) is 5.97. The van der Waals surface area contributed by atoms with E-state index in [4.69, 9.17) is 16.3 Å². The third-order valence-corrected chi connectivity index (χ3v) is 2.39. The number of benzene rings is 1. The van der Waals surface area contributed by atoms with E-state index >= 15 is 0 Å². The van der Waals surface area contributed by atoms with Crippen molar-refractivity contribution >= 4 is 11.6 Å². The molecule has 5 heteroatoms. The van der Waals surface area contributed by atoms with Crippen LogP contribution in [0.25, 0.3) is 0 Å². The number of hydrogen-bond donors (Lipinski definition) is 0. The van der Waals surface area contributed by atoms with Gasteiger partial charge in [0.25, 0.3) is 0 Å². The summed E-state index contributed by atoms with van der Waals surface area (Å²) in [4.78, 5) is 0. The maximum absolute atomic E-state index is 12.1. The number of halogens is 3. The Bertz CT molecular complexity index is 345. The zero-order chi connectivity index (χ0) is 12.7. The molecule has 0 fully saturated rings. The number of hydrogen-bond acceptors (Lipinski definition) is 2. The zero-order valence-electron chi connectivity index (χ0n) is 9.59. The fourth-order valence-electron chi connectivity index (χ4n) is 1.44. The zero-order valence-corrected chi connectivity index (χ0v) is 10.3. The van der Waals surface area contributed by atoms with Gasteiger partial charge in [-0.1, -0.05) is 6.07 Å². The van der Waals surface area contributed by atoms with Gasteiger partial charge in [-0.15, -0.1) is 11.6 Å². The Morgan fingerprint density at radius 2 is 2.06 bits per heavy atom. The fraction of sp³-hybridized carbons (Fsp3) is 0.500. The Morgan fingerprint density at radius 3 is 2.65 bits per heavy atom. The van der Waals surface area contributed by atoms with Gasteiger partial charge in [0, 0.05) is 5.88 Å². The van der Waals surface area contributed by atoms with Gasteiger partial charge in [0.2, 0.25) is 0 Å². The molecule has 96 valence electrons. The Hall–Kier alpha value is -1.03. The summed E-state index contributed by atoms with van der Waals surface area (Å²) in [5, 5.41) is 0. The lowest BCUT2D eigenvalue weighted by Gasteiger charge is -2.12. The molecule has 0 aliphatic carbocycles. The Balaban J connectivity index is 2.83. The molecule has 2 nitrogen and oxygen atoms in total. The molecule has 1 rings (SSSR count). The second kappa shape index (κ2) is 7.33. The molecule has 0 N–H and O–H groups in total. The highest BCUT2D eigenvalue weighted by Crippen LogP contribution is 2.30. The number of rotatable bonds is 7. The first kappa shape index (κ1) is 14.0. The van der Waals surface area contributed by atoms with Crippen molar-refractivity contribution in [1.29, 1.82) is 0 Å². The molecule has 17 heavy (non-hydrogen) atoms. The predicted octanol–water partition coefficient (Wildman–Crippen LogP) is 3.86. The maximum Gasteiger partial charge on any atom is 0.387 e. The maximum atomic E-state index is 12.1. The number of alkyl halides is 3. The largest absolute Gasteiger partial charge is 0.490 e. The lowest BCUT2D eigenvalue weighted by atomic mass is 10.1. The first-order chi connectivity index (χ1) is 8.17. The topological polar surface area (TPSA) is 18.5 Å². The monoisotopic (exact) mass is 264 g/mol. The van der Waals surface area contributed by atoms with E-state index < -0.39 is 6.61 Å². The molecule has 0 atom stereocenters. The van der Waals surface area contributed by atoms with Crippen LogP contribution in [0.5, 0.6) is 11.5 Å². The summed E-state index contributed by atoms with van der Waals surface area (Å²) in [5.74, 6) is 0.982. The van der Waals surface area contributed by atoms with Crippen LogP contribution in [0.1, 0.15) is 18.9 Å². The summed E-state index contributed by atoms with van der Waals surface area (Å²) in [6.07, 6.45) is 1.63. The van der Waals surface area contributed by atoms with Crippen molar-refractivity contribution in [2.75, 3.05) is 12.5 Å². The molecule has 0 aliphatic rings. The second-order valence-electron chi connectivity index (χ2n) is 3.39. The van der Waals surface area contributed by atoms with Crippen molar-refractivity contribution in [3.8, 4) is 11.5 Å². The molecule has 0 unspecified atom stereocenters. The molecule has 0 saturated carbocycles. The van der Waals surface area contributed by atoms with E-state index in [1.165, 1.54) is 6.07 Å². The van der Waals surface area contributed by atoms with Gasteiger partial charge in [0.1, 0.15) is 0 Å². The quantitative estimate of drug-likeness (QED) is 0.696. The Kier molecular flexibility index (Phi) is 6.05. The minimum absolute atomic E-state index is 0.0662. The van der Waals surface area contributed by atoms with Crippen LogP contribution in [0.4, 0.5) is 8.78 Å². The van der Waals surface area contributed by atoms with E-state index in [1.807, 2.05) is 0 Å². The van der Waals surface area contributed by atoms with Crippen LogP contribution < -0.4 is 9.47 Å². The van der Waals surface area contributed by atoms with E-state index in [-0.39, 0.29) is 5.75 Å². The van der Waals surface area contributed by atoms with Gasteiger partial charge in [-0.25, -0.2) is 0 Å². The van der Waals surface area contributed by atoms with Crippen LogP contribution in [-0.4, -0.2) is 19.1 Å². The Labute approximate surface area is 104 Å². The average molecular weight is 265 g/mol. The number of aryl methyl sites for hydroxylation is 1. The van der Waals surface area contributed by atoms with Crippen molar-refractivity contribution in [1.82, 2.24) is 0 Å². The Morgan fingerprint density at radius 1 is 1.29 bits per heavy atom. The molecule has 0 aromatic heterocycles. The normalized spacial score (nSPS) is 10.6. The molecule has 1 aromatic rings. The van der Waals surface area contributed by atoms with E-state index in [2.05, 4.69) is 4.74 Å². The third-order valence-electron chi connectivity index (χ3n) is 2.12. The predicted molar refractivity (Wildman–Crippen MR) is 63.3 cm³/mol. The highest BCUT2D eigenvalue weighted by atomic mass is 35.5. The highest BCUT2D eigenvalue weighted by Gasteiger charge is 2.11. The van der Waals surface area contributed by atoms with Crippen molar-refractivity contribution in [3.05, 3.63) is 23.8 Å². The minimum atomic E-state index is -2.84. The van der Waals surface area contributed by atoms with Gasteiger partial charge in [0.05, 0.1) is 6.61 Å². The molecule has 0 saturated heterocycles. The summed E-state index contributed by atoms with van der Waals surface area (Å²) in [5.41, 5.74) is 0.996. The summed E-state index contributed by atoms with van der Waals surface area (Å²) >= 11 is 5.60. The fourth-order valence-corrected chi connectivity index (χ4v) is 1.57. The SMILES string of the molecule is CCOc1cc(CCCCl)ccc1OC(F)F. The van der Waals surface area contributed by atoms with E-state index in [0.29, 0.717) is 18.2 Å². The molecular formula is C12H15ClF2O2. The van der Waals surface area contributed by atoms with Crippen LogP contribution in [0.2, 0.25) is 0 Å². The van der Waals surface area contributed by atoms with Crippen molar-refractivity contribution in [2.45, 2.75) is 26.4 Å². The van der Waals surface area contributed by atoms with Gasteiger partial charge >= 0.3 is 6.61 Å². The van der Waals surface area contributed by atoms with Crippen LogP contribution in [0.3, 0.4) is 0 Å². The summed E-state index contributed by atoms with van der Waals surface area (Å²) in [7, 11) is 0. The minimum Gasteiger partial charge on any atom is -0.490 e. The summed E-state index contributed by atoms with van der Waals surface area (Å²) in [6.45, 7) is -0.654. The average Bonchev–Trinajstić information content (AvgIpc) is 2.29. The lowest BCUT2D eigenvalue weighted by molar-refractivity contribution is -0.0514. The third kappa shape index (κ3) is 4.77. The molecule has 1 aromatic carbocycles. The molecular weight excluding hydrogens is 250 g/mol. The van der Waals surface area contributed by atoms with Crippen LogP contribution >= 0.6 is 11.6 Å². The lowest BCUT2D eigenvalue weighted by Crippen LogP contribution is -2.05. The van der Waals surface area contributed by atoms with Crippen LogP contribution in [-0.2, 0) is 6.42 Å². The first-order valence-electron chi connectivity index (χ1n) is 5.44. The van der Waals surface area contributed by atoms with Crippen molar-refractivity contribution in [3.63, 3.8) is 0 Å². The highest BCUT2D eigenvalue weighted by molar-refractivity contribution is 6.17. The van der Waals surface area contributed by atoms with Crippen LogP contribution in [0, 0.1) is 0 Å². The van der Waals surface area contributed by atoms with Gasteiger partial charge in [-0.3, -0.25) is 0 Å². The van der Waals surface area contributed by atoms with E-state index in [0.717, 1.165) is 18.4 Å². The second-order valence-corrected chi connectivity index (χ2v) is 3.76. The summed E-state index contributed by atoms with van der Waals surface area (Å²) < 4.78 is 33.9. The molecule has 0 amide bonds. The smallest absolute Gasteiger partial charge is 0.387 e. The van der Waals surface area contributed by atoms with Crippen LogP contribution in [0.15, 0.2) is 18.2 Å². The molecule has 0 radical (unpaired) electrons. The standard InChI is InChI=1S/C12H15ClF2O2/c1-2-16-11-8-9(4-3-7-13)5-6-10(11)17-12(14)15/h5-6,8,12H,2-4,7H2,1H3. The van der Waals surface area contributed by atoms with Gasteiger partial charge in [0.15, 0.2) is 11.5 Å². The number of ether oxygens (including phenoxy) is 2. The van der Waals surface area contributed by atoms with E-state index in [9.17, 15) is 8.78 Å². The van der Waals surface area contributed by atoms with Gasteiger partial charge in [-0.2, -0.15) is 8.78 Å². The summed E-state index contributed by atoms with van der Waals surface area (Å²) in [6, 6.07) is 4.96. The van der Waals surface area contributed by atoms with E-state index in [1.54, 1.807) is 19.1 Å².